The molecular weight excluding hydrogens is 242 g/mol. The van der Waals surface area contributed by atoms with E-state index in [1.807, 2.05) is 0 Å². The largest absolute Gasteiger partial charge is 0.504 e. The van der Waals surface area contributed by atoms with Crippen molar-refractivity contribution in [3.8, 4) is 22.6 Å². The highest BCUT2D eigenvalue weighted by molar-refractivity contribution is 6.32. The van der Waals surface area contributed by atoms with Crippen LogP contribution in [0.2, 0.25) is 5.02 Å². The number of methoxy groups -OCH3 is 1. The van der Waals surface area contributed by atoms with Crippen molar-refractivity contribution >= 4 is 17.5 Å². The Hall–Kier alpha value is -1.81. The number of furan rings is 1. The van der Waals surface area contributed by atoms with Crippen molar-refractivity contribution < 1.29 is 14.3 Å². The summed E-state index contributed by atoms with van der Waals surface area (Å²) < 4.78 is 10.4. The number of aromatic hydroxyl groups is 1. The van der Waals surface area contributed by atoms with E-state index in [1.54, 1.807) is 25.1 Å². The van der Waals surface area contributed by atoms with Crippen molar-refractivity contribution in [2.45, 2.75) is 6.92 Å². The van der Waals surface area contributed by atoms with Crippen LogP contribution in [-0.2, 0) is 0 Å². The Morgan fingerprint density at radius 3 is 2.65 bits per heavy atom. The van der Waals surface area contributed by atoms with Gasteiger partial charge in [-0.2, -0.15) is 0 Å². The summed E-state index contributed by atoms with van der Waals surface area (Å²) in [6, 6.07) is 5.20. The molecule has 0 atom stereocenters. The van der Waals surface area contributed by atoms with Gasteiger partial charge < -0.3 is 20.0 Å². The number of rotatable bonds is 2. The van der Waals surface area contributed by atoms with Crippen LogP contribution in [0.3, 0.4) is 0 Å². The first-order valence-electron chi connectivity index (χ1n) is 4.97. The molecule has 0 aliphatic carbocycles. The Bertz CT molecular complexity index is 563. The molecule has 0 spiro atoms. The molecule has 0 saturated carbocycles. The molecule has 3 N–H and O–H groups in total. The fourth-order valence-electron chi connectivity index (χ4n) is 1.73. The fraction of sp³-hybridized carbons (Fsp3) is 0.167. The predicted octanol–water partition coefficient (Wildman–Crippen LogP) is 3.20. The number of benzene rings is 1. The van der Waals surface area contributed by atoms with Gasteiger partial charge in [-0.3, -0.25) is 0 Å². The van der Waals surface area contributed by atoms with Gasteiger partial charge in [0.25, 0.3) is 0 Å². The lowest BCUT2D eigenvalue weighted by Gasteiger charge is -2.09. The molecule has 0 amide bonds. The molecule has 0 aliphatic rings. The summed E-state index contributed by atoms with van der Waals surface area (Å²) in [6.45, 7) is 1.63. The van der Waals surface area contributed by atoms with Crippen LogP contribution in [0, 0.1) is 6.92 Å². The van der Waals surface area contributed by atoms with Crippen LogP contribution in [0.5, 0.6) is 11.5 Å². The number of aryl methyl sites for hydroxylation is 1. The van der Waals surface area contributed by atoms with E-state index in [4.69, 9.17) is 26.5 Å². The minimum absolute atomic E-state index is 0.00284. The molecular formula is C12H12ClNO3. The lowest BCUT2D eigenvalue weighted by Crippen LogP contribution is -1.91. The van der Waals surface area contributed by atoms with Crippen molar-refractivity contribution in [3.05, 3.63) is 29.0 Å². The highest BCUT2D eigenvalue weighted by Gasteiger charge is 2.21. The average Bonchev–Trinajstić information content (AvgIpc) is 2.53. The quantitative estimate of drug-likeness (QED) is 0.862. The molecule has 1 heterocycles. The summed E-state index contributed by atoms with van der Waals surface area (Å²) in [6.07, 6.45) is 0. The molecule has 0 radical (unpaired) electrons. The van der Waals surface area contributed by atoms with Gasteiger partial charge in [-0.15, -0.1) is 0 Å². The molecule has 17 heavy (non-hydrogen) atoms. The SMILES string of the molecule is COc1c(Cl)cccc1-c1c(N)oc(C)c1O. The molecule has 2 rings (SSSR count). The maximum atomic E-state index is 9.91. The van der Waals surface area contributed by atoms with Gasteiger partial charge in [0.2, 0.25) is 5.88 Å². The second-order valence-corrected chi connectivity index (χ2v) is 3.97. The van der Waals surface area contributed by atoms with Crippen molar-refractivity contribution in [1.82, 2.24) is 0 Å². The van der Waals surface area contributed by atoms with Gasteiger partial charge in [-0.05, 0) is 13.0 Å². The standard InChI is InChI=1S/C12H12ClNO3/c1-6-10(15)9(12(14)17-6)7-4-3-5-8(13)11(7)16-2/h3-5,15H,14H2,1-2H3. The average molecular weight is 254 g/mol. The third-order valence-electron chi connectivity index (χ3n) is 2.52. The second kappa shape index (κ2) is 4.22. The summed E-state index contributed by atoms with van der Waals surface area (Å²) in [7, 11) is 1.50. The number of halogens is 1. The molecule has 4 nitrogen and oxygen atoms in total. The lowest BCUT2D eigenvalue weighted by molar-refractivity contribution is 0.416. The number of anilines is 1. The Kier molecular flexibility index (Phi) is 2.90. The molecule has 2 aromatic rings. The van der Waals surface area contributed by atoms with Gasteiger partial charge in [0.05, 0.1) is 17.7 Å². The second-order valence-electron chi connectivity index (χ2n) is 3.57. The summed E-state index contributed by atoms with van der Waals surface area (Å²) in [5.74, 6) is 0.958. The minimum Gasteiger partial charge on any atom is -0.504 e. The van der Waals surface area contributed by atoms with Crippen LogP contribution in [0.15, 0.2) is 22.6 Å². The fourth-order valence-corrected chi connectivity index (χ4v) is 1.98. The van der Waals surface area contributed by atoms with Gasteiger partial charge in [-0.25, -0.2) is 0 Å². The van der Waals surface area contributed by atoms with Gasteiger partial charge in [0.1, 0.15) is 11.5 Å². The number of nitrogens with two attached hydrogens (primary N) is 1. The Balaban J connectivity index is 2.72. The highest BCUT2D eigenvalue weighted by Crippen LogP contribution is 2.45. The molecule has 90 valence electrons. The smallest absolute Gasteiger partial charge is 0.202 e. The van der Waals surface area contributed by atoms with Crippen LogP contribution in [0.1, 0.15) is 5.76 Å². The van der Waals surface area contributed by atoms with Crippen molar-refractivity contribution in [2.75, 3.05) is 12.8 Å². The van der Waals surface area contributed by atoms with Gasteiger partial charge in [-0.1, -0.05) is 23.7 Å². The number of hydrogen-bond donors (Lipinski definition) is 2. The van der Waals surface area contributed by atoms with E-state index < -0.39 is 0 Å². The van der Waals surface area contributed by atoms with Gasteiger partial charge in [0.15, 0.2) is 5.75 Å². The van der Waals surface area contributed by atoms with Crippen LogP contribution in [0.25, 0.3) is 11.1 Å². The molecule has 0 bridgehead atoms. The molecule has 1 aromatic heterocycles. The van der Waals surface area contributed by atoms with E-state index >= 15 is 0 Å². The monoisotopic (exact) mass is 253 g/mol. The van der Waals surface area contributed by atoms with E-state index in [-0.39, 0.29) is 11.6 Å². The van der Waals surface area contributed by atoms with Crippen LogP contribution in [-0.4, -0.2) is 12.2 Å². The van der Waals surface area contributed by atoms with E-state index in [9.17, 15) is 5.11 Å². The first kappa shape index (κ1) is 11.7. The maximum absolute atomic E-state index is 9.91. The molecule has 0 fully saturated rings. The summed E-state index contributed by atoms with van der Waals surface area (Å²) in [5, 5.41) is 10.4. The summed E-state index contributed by atoms with van der Waals surface area (Å²) in [4.78, 5) is 0. The summed E-state index contributed by atoms with van der Waals surface area (Å²) in [5.41, 5.74) is 6.73. The number of ether oxygens (including phenoxy) is 1. The first-order chi connectivity index (χ1) is 8.06. The summed E-state index contributed by atoms with van der Waals surface area (Å²) >= 11 is 6.01. The molecule has 1 aromatic carbocycles. The third kappa shape index (κ3) is 1.80. The highest BCUT2D eigenvalue weighted by atomic mass is 35.5. The van der Waals surface area contributed by atoms with E-state index in [0.717, 1.165) is 0 Å². The molecule has 0 unspecified atom stereocenters. The van der Waals surface area contributed by atoms with Crippen LogP contribution < -0.4 is 10.5 Å². The molecule has 0 saturated heterocycles. The predicted molar refractivity (Wildman–Crippen MR) is 66.5 cm³/mol. The lowest BCUT2D eigenvalue weighted by atomic mass is 10.1. The number of para-hydroxylation sites is 1. The zero-order chi connectivity index (χ0) is 12.6. The van der Waals surface area contributed by atoms with Crippen molar-refractivity contribution in [1.29, 1.82) is 0 Å². The van der Waals surface area contributed by atoms with Gasteiger partial charge in [0, 0.05) is 5.56 Å². The van der Waals surface area contributed by atoms with Gasteiger partial charge >= 0.3 is 0 Å². The molecule has 0 aliphatic heterocycles. The van der Waals surface area contributed by atoms with E-state index in [2.05, 4.69) is 0 Å². The van der Waals surface area contributed by atoms with E-state index in [1.165, 1.54) is 7.11 Å². The number of hydrogen-bond acceptors (Lipinski definition) is 4. The number of nitrogen functional groups attached to an aromatic ring is 1. The zero-order valence-corrected chi connectivity index (χ0v) is 10.2. The Morgan fingerprint density at radius 1 is 1.41 bits per heavy atom. The Morgan fingerprint density at radius 2 is 2.12 bits per heavy atom. The maximum Gasteiger partial charge on any atom is 0.202 e. The van der Waals surface area contributed by atoms with E-state index in [0.29, 0.717) is 27.7 Å². The normalized spacial score (nSPS) is 10.5. The van der Waals surface area contributed by atoms with Crippen molar-refractivity contribution in [3.63, 3.8) is 0 Å². The molecule has 5 heteroatoms. The minimum atomic E-state index is 0.00284. The van der Waals surface area contributed by atoms with Crippen molar-refractivity contribution in [2.24, 2.45) is 0 Å². The third-order valence-corrected chi connectivity index (χ3v) is 2.82. The van der Waals surface area contributed by atoms with Crippen LogP contribution >= 0.6 is 11.6 Å². The zero-order valence-electron chi connectivity index (χ0n) is 9.45. The van der Waals surface area contributed by atoms with Crippen LogP contribution in [0.4, 0.5) is 5.88 Å². The Labute approximate surface area is 104 Å². The first-order valence-corrected chi connectivity index (χ1v) is 5.34. The topological polar surface area (TPSA) is 68.6 Å².